The van der Waals surface area contributed by atoms with E-state index in [1.807, 2.05) is 45.0 Å². The van der Waals surface area contributed by atoms with Crippen molar-refractivity contribution >= 4 is 41.6 Å². The standard InChI is InChI=1S/C27H42N4O5S/c1-6-7-12-29-25(35)18(2)13-21(33)19(30-17-32)14-27(3,4)15-24(34)31-16-23(26(36)28-5)37-22-11-9-8-10-20(22)31/h8-11,17-19,21,23,33H,6-7,12-16H2,1-5H3,(H,28,36)(H,29,35)(H,30,32)/t18-,19+,21+,23?/m1/s1. The fourth-order valence-electron chi connectivity index (χ4n) is 4.53. The maximum atomic E-state index is 13.5. The van der Waals surface area contributed by atoms with Gasteiger partial charge in [-0.1, -0.05) is 46.2 Å². The smallest absolute Gasteiger partial charge is 0.235 e. The first-order valence-corrected chi connectivity index (χ1v) is 13.8. The Balaban J connectivity index is 2.08. The number of carbonyl (C=O) groups is 4. The Labute approximate surface area is 224 Å². The summed E-state index contributed by atoms with van der Waals surface area (Å²) < 4.78 is 0. The van der Waals surface area contributed by atoms with Gasteiger partial charge in [0.05, 0.1) is 17.8 Å². The van der Waals surface area contributed by atoms with Crippen molar-refractivity contribution < 1.29 is 24.3 Å². The molecule has 4 N–H and O–H groups in total. The lowest BCUT2D eigenvalue weighted by Crippen LogP contribution is -2.47. The molecular weight excluding hydrogens is 492 g/mol. The van der Waals surface area contributed by atoms with Crippen molar-refractivity contribution in [3.8, 4) is 0 Å². The van der Waals surface area contributed by atoms with Gasteiger partial charge in [0, 0.05) is 37.4 Å². The van der Waals surface area contributed by atoms with E-state index in [4.69, 9.17) is 0 Å². The van der Waals surface area contributed by atoms with Gasteiger partial charge in [-0.3, -0.25) is 19.2 Å². The van der Waals surface area contributed by atoms with Crippen LogP contribution in [0, 0.1) is 11.3 Å². The summed E-state index contributed by atoms with van der Waals surface area (Å²) in [5.74, 6) is -0.812. The Bertz CT molecular complexity index is 941. The number of thioether (sulfide) groups is 1. The van der Waals surface area contributed by atoms with E-state index in [0.717, 1.165) is 23.4 Å². The minimum absolute atomic E-state index is 0.126. The predicted octanol–water partition coefficient (Wildman–Crippen LogP) is 2.46. The summed E-state index contributed by atoms with van der Waals surface area (Å²) in [7, 11) is 1.58. The highest BCUT2D eigenvalue weighted by Crippen LogP contribution is 2.40. The number of aliphatic hydroxyl groups is 1. The molecule has 2 rings (SSSR count). The van der Waals surface area contributed by atoms with E-state index in [2.05, 4.69) is 16.0 Å². The van der Waals surface area contributed by atoms with Gasteiger partial charge >= 0.3 is 0 Å². The minimum Gasteiger partial charge on any atom is -0.391 e. The number of carbonyl (C=O) groups excluding carboxylic acids is 4. The zero-order chi connectivity index (χ0) is 27.6. The Hall–Kier alpha value is -2.59. The van der Waals surface area contributed by atoms with Gasteiger partial charge in [0.2, 0.25) is 24.1 Å². The van der Waals surface area contributed by atoms with E-state index >= 15 is 0 Å². The molecule has 0 spiro atoms. The number of nitrogens with one attached hydrogen (secondary N) is 3. The summed E-state index contributed by atoms with van der Waals surface area (Å²) in [5, 5.41) is 18.7. The van der Waals surface area contributed by atoms with Crippen molar-refractivity contribution in [3.63, 3.8) is 0 Å². The van der Waals surface area contributed by atoms with E-state index < -0.39 is 28.7 Å². The Morgan fingerprint density at radius 2 is 1.97 bits per heavy atom. The first-order chi connectivity index (χ1) is 17.5. The van der Waals surface area contributed by atoms with Gasteiger partial charge in [-0.2, -0.15) is 0 Å². The van der Waals surface area contributed by atoms with Crippen LogP contribution in [0.25, 0.3) is 0 Å². The molecule has 1 unspecified atom stereocenters. The van der Waals surface area contributed by atoms with Gasteiger partial charge in [-0.15, -0.1) is 11.8 Å². The zero-order valence-corrected chi connectivity index (χ0v) is 23.4. The average Bonchev–Trinajstić information content (AvgIpc) is 2.86. The van der Waals surface area contributed by atoms with Gasteiger partial charge in [-0.05, 0) is 36.8 Å². The quantitative estimate of drug-likeness (QED) is 0.214. The van der Waals surface area contributed by atoms with Crippen LogP contribution in [0.15, 0.2) is 29.2 Å². The molecule has 1 heterocycles. The number of unbranched alkanes of at least 4 members (excludes halogenated alkanes) is 1. The summed E-state index contributed by atoms with van der Waals surface area (Å²) >= 11 is 1.44. The number of para-hydroxylation sites is 1. The third-order valence-corrected chi connectivity index (χ3v) is 7.88. The molecule has 10 heteroatoms. The number of benzene rings is 1. The highest BCUT2D eigenvalue weighted by atomic mass is 32.2. The summed E-state index contributed by atoms with van der Waals surface area (Å²) in [5.41, 5.74) is 0.201. The van der Waals surface area contributed by atoms with Crippen molar-refractivity contribution in [1.82, 2.24) is 16.0 Å². The molecule has 0 saturated carbocycles. The van der Waals surface area contributed by atoms with Crippen LogP contribution in [-0.4, -0.2) is 66.8 Å². The number of nitrogens with zero attached hydrogens (tertiary/aromatic N) is 1. The van der Waals surface area contributed by atoms with Crippen LogP contribution in [0.3, 0.4) is 0 Å². The van der Waals surface area contributed by atoms with Crippen LogP contribution in [0.5, 0.6) is 0 Å². The number of aliphatic hydroxyl groups excluding tert-OH is 1. The molecule has 1 aromatic rings. The second kappa shape index (κ2) is 14.4. The molecule has 206 valence electrons. The van der Waals surface area contributed by atoms with Gasteiger partial charge in [0.15, 0.2) is 0 Å². The lowest BCUT2D eigenvalue weighted by molar-refractivity contribution is -0.125. The molecule has 1 aliphatic heterocycles. The molecule has 9 nitrogen and oxygen atoms in total. The minimum atomic E-state index is -0.948. The van der Waals surface area contributed by atoms with Crippen LogP contribution in [-0.2, 0) is 19.2 Å². The van der Waals surface area contributed by atoms with Crippen LogP contribution >= 0.6 is 11.8 Å². The van der Waals surface area contributed by atoms with Crippen LogP contribution < -0.4 is 20.9 Å². The molecule has 1 aromatic carbocycles. The molecule has 0 aliphatic carbocycles. The van der Waals surface area contributed by atoms with Crippen LogP contribution in [0.2, 0.25) is 0 Å². The molecule has 0 fully saturated rings. The number of anilines is 1. The summed E-state index contributed by atoms with van der Waals surface area (Å²) in [6.45, 7) is 8.49. The molecule has 0 bridgehead atoms. The first-order valence-electron chi connectivity index (χ1n) is 13.0. The molecule has 0 saturated heterocycles. The van der Waals surface area contributed by atoms with Crippen molar-refractivity contribution in [2.24, 2.45) is 11.3 Å². The van der Waals surface area contributed by atoms with E-state index in [-0.39, 0.29) is 37.1 Å². The molecule has 37 heavy (non-hydrogen) atoms. The third-order valence-electron chi connectivity index (χ3n) is 6.63. The Morgan fingerprint density at radius 3 is 2.62 bits per heavy atom. The second-order valence-electron chi connectivity index (χ2n) is 10.5. The van der Waals surface area contributed by atoms with E-state index in [0.29, 0.717) is 19.4 Å². The van der Waals surface area contributed by atoms with Crippen molar-refractivity contribution in [2.45, 2.75) is 82.1 Å². The lowest BCUT2D eigenvalue weighted by Gasteiger charge is -2.37. The maximum absolute atomic E-state index is 13.5. The SMILES string of the molecule is CCCCNC(=O)[C@H](C)C[C@H](O)[C@H](CC(C)(C)CC(=O)N1CC(C(=O)NC)Sc2ccccc21)NC=O. The summed E-state index contributed by atoms with van der Waals surface area (Å²) in [6.07, 6.45) is 2.15. The average molecular weight is 535 g/mol. The normalized spacial score (nSPS) is 17.7. The molecule has 0 radical (unpaired) electrons. The van der Waals surface area contributed by atoms with E-state index in [1.54, 1.807) is 18.9 Å². The van der Waals surface area contributed by atoms with Gasteiger partial charge in [0.25, 0.3) is 0 Å². The van der Waals surface area contributed by atoms with Crippen molar-refractivity contribution in [3.05, 3.63) is 24.3 Å². The summed E-state index contributed by atoms with van der Waals surface area (Å²) in [6, 6.07) is 6.91. The number of fused-ring (bicyclic) bond motifs is 1. The topological polar surface area (TPSA) is 128 Å². The van der Waals surface area contributed by atoms with Crippen molar-refractivity contribution in [1.29, 1.82) is 0 Å². The first kappa shape index (κ1) is 30.6. The van der Waals surface area contributed by atoms with Gasteiger partial charge in [-0.25, -0.2) is 0 Å². The Morgan fingerprint density at radius 1 is 1.27 bits per heavy atom. The molecule has 0 aromatic heterocycles. The zero-order valence-electron chi connectivity index (χ0n) is 22.6. The molecule has 4 atom stereocenters. The third kappa shape index (κ3) is 9.03. The second-order valence-corrected chi connectivity index (χ2v) is 11.7. The number of rotatable bonds is 14. The van der Waals surface area contributed by atoms with Gasteiger partial charge < -0.3 is 26.0 Å². The fourth-order valence-corrected chi connectivity index (χ4v) is 5.74. The highest BCUT2D eigenvalue weighted by Gasteiger charge is 2.36. The van der Waals surface area contributed by atoms with Crippen LogP contribution in [0.4, 0.5) is 5.69 Å². The monoisotopic (exact) mass is 534 g/mol. The molecule has 4 amide bonds. The van der Waals surface area contributed by atoms with Crippen molar-refractivity contribution in [2.75, 3.05) is 25.0 Å². The summed E-state index contributed by atoms with van der Waals surface area (Å²) in [4.78, 5) is 52.1. The highest BCUT2D eigenvalue weighted by molar-refractivity contribution is 8.00. The van der Waals surface area contributed by atoms with E-state index in [1.165, 1.54) is 11.8 Å². The molecular formula is C27H42N4O5S. The maximum Gasteiger partial charge on any atom is 0.235 e. The number of amides is 4. The Kier molecular flexibility index (Phi) is 11.9. The van der Waals surface area contributed by atoms with Gasteiger partial charge in [0.1, 0.15) is 5.25 Å². The fraction of sp³-hybridized carbons (Fsp3) is 0.630. The lowest BCUT2D eigenvalue weighted by atomic mass is 9.79. The van der Waals surface area contributed by atoms with E-state index in [9.17, 15) is 24.3 Å². The molecule has 1 aliphatic rings. The number of hydrogen-bond donors (Lipinski definition) is 4. The number of hydrogen-bond acceptors (Lipinski definition) is 6. The van der Waals surface area contributed by atoms with Crippen LogP contribution in [0.1, 0.15) is 59.8 Å². The largest absolute Gasteiger partial charge is 0.391 e. The predicted molar refractivity (Wildman–Crippen MR) is 146 cm³/mol.